The molecule has 29 heavy (non-hydrogen) atoms. The van der Waals surface area contributed by atoms with Crippen molar-refractivity contribution in [1.82, 2.24) is 5.32 Å². The lowest BCUT2D eigenvalue weighted by molar-refractivity contribution is -0.126. The monoisotopic (exact) mass is 393 g/mol. The van der Waals surface area contributed by atoms with Crippen molar-refractivity contribution in [1.29, 1.82) is 0 Å². The lowest BCUT2D eigenvalue weighted by Gasteiger charge is -2.20. The van der Waals surface area contributed by atoms with E-state index >= 15 is 0 Å². The van der Waals surface area contributed by atoms with Gasteiger partial charge in [0.15, 0.2) is 0 Å². The molecule has 3 N–H and O–H groups in total. The van der Waals surface area contributed by atoms with Gasteiger partial charge >= 0.3 is 0 Å². The number of carbonyl (C=O) groups is 3. The van der Waals surface area contributed by atoms with E-state index in [9.17, 15) is 14.4 Å². The van der Waals surface area contributed by atoms with Gasteiger partial charge in [0.05, 0.1) is 0 Å². The fraction of sp³-hybridized carbons (Fsp3) is 0.348. The Hall–Kier alpha value is -3.15. The highest BCUT2D eigenvalue weighted by molar-refractivity contribution is 6.04. The topological polar surface area (TPSA) is 87.3 Å². The second-order valence-electron chi connectivity index (χ2n) is 7.46. The number of hydrogen-bond acceptors (Lipinski definition) is 3. The molecule has 6 nitrogen and oxygen atoms in total. The fourth-order valence-electron chi connectivity index (χ4n) is 3.52. The van der Waals surface area contributed by atoms with Crippen molar-refractivity contribution in [2.45, 2.75) is 45.6 Å². The maximum absolute atomic E-state index is 12.4. The van der Waals surface area contributed by atoms with Gasteiger partial charge in [-0.1, -0.05) is 31.4 Å². The number of carbonyl (C=O) groups excluding carboxylic acids is 3. The molecule has 0 atom stereocenters. The van der Waals surface area contributed by atoms with Crippen LogP contribution in [-0.4, -0.2) is 17.7 Å². The van der Waals surface area contributed by atoms with Gasteiger partial charge in [-0.05, 0) is 54.8 Å². The van der Waals surface area contributed by atoms with Gasteiger partial charge in [-0.15, -0.1) is 0 Å². The van der Waals surface area contributed by atoms with Crippen molar-refractivity contribution in [3.05, 3.63) is 59.7 Å². The fourth-order valence-corrected chi connectivity index (χ4v) is 3.52. The highest BCUT2D eigenvalue weighted by atomic mass is 16.2. The van der Waals surface area contributed by atoms with Crippen molar-refractivity contribution >= 4 is 29.1 Å². The Morgan fingerprint density at radius 1 is 0.828 bits per heavy atom. The molecule has 152 valence electrons. The summed E-state index contributed by atoms with van der Waals surface area (Å²) in [4.78, 5) is 35.7. The summed E-state index contributed by atoms with van der Waals surface area (Å²) in [6, 6.07) is 14.2. The second kappa shape index (κ2) is 9.87. The number of amides is 3. The van der Waals surface area contributed by atoms with E-state index in [2.05, 4.69) is 16.0 Å². The molecule has 2 aromatic rings. The third-order valence-electron chi connectivity index (χ3n) is 5.12. The molecule has 1 fully saturated rings. The van der Waals surface area contributed by atoms with Crippen molar-refractivity contribution < 1.29 is 14.4 Å². The van der Waals surface area contributed by atoms with E-state index in [0.717, 1.165) is 31.2 Å². The average molecular weight is 393 g/mol. The molecule has 6 heteroatoms. The van der Waals surface area contributed by atoms with Crippen LogP contribution >= 0.6 is 0 Å². The van der Waals surface area contributed by atoms with Crippen molar-refractivity contribution in [2.75, 3.05) is 10.6 Å². The van der Waals surface area contributed by atoms with Crippen LogP contribution in [0.3, 0.4) is 0 Å². The van der Waals surface area contributed by atoms with Crippen LogP contribution < -0.4 is 16.0 Å². The van der Waals surface area contributed by atoms with Gasteiger partial charge < -0.3 is 16.0 Å². The minimum atomic E-state index is -0.213. The second-order valence-corrected chi connectivity index (χ2v) is 7.46. The van der Waals surface area contributed by atoms with Crippen LogP contribution in [0.4, 0.5) is 11.4 Å². The van der Waals surface area contributed by atoms with Crippen molar-refractivity contribution in [3.63, 3.8) is 0 Å². The molecule has 0 radical (unpaired) electrons. The van der Waals surface area contributed by atoms with Gasteiger partial charge in [0.1, 0.15) is 0 Å². The zero-order valence-electron chi connectivity index (χ0n) is 16.7. The number of anilines is 2. The summed E-state index contributed by atoms with van der Waals surface area (Å²) in [5, 5.41) is 8.52. The van der Waals surface area contributed by atoms with Crippen molar-refractivity contribution in [3.8, 4) is 0 Å². The average Bonchev–Trinajstić information content (AvgIpc) is 2.74. The highest BCUT2D eigenvalue weighted by Gasteiger charge is 2.20. The number of hydrogen-bond donors (Lipinski definition) is 3. The molecule has 0 spiro atoms. The molecule has 2 aromatic carbocycles. The molecular weight excluding hydrogens is 366 g/mol. The first-order chi connectivity index (χ1) is 14.0. The van der Waals surface area contributed by atoms with Gasteiger partial charge in [0.25, 0.3) is 5.91 Å². The summed E-state index contributed by atoms with van der Waals surface area (Å²) in [6.07, 6.45) is 5.47. The van der Waals surface area contributed by atoms with Crippen LogP contribution in [-0.2, 0) is 16.1 Å². The standard InChI is InChI=1S/C23H27N3O3/c1-16(27)25-20-11-13-21(14-12-20)26-23(29)19-9-7-17(8-10-19)15-24-22(28)18-5-3-2-4-6-18/h7-14,18H,2-6,15H2,1H3,(H,24,28)(H,25,27)(H,26,29). The zero-order valence-corrected chi connectivity index (χ0v) is 16.7. The van der Waals surface area contributed by atoms with E-state index in [4.69, 9.17) is 0 Å². The number of rotatable bonds is 6. The lowest BCUT2D eigenvalue weighted by Crippen LogP contribution is -2.31. The molecule has 1 saturated carbocycles. The molecule has 0 heterocycles. The van der Waals surface area contributed by atoms with E-state index in [1.54, 1.807) is 36.4 Å². The predicted molar refractivity (Wildman–Crippen MR) is 114 cm³/mol. The molecule has 0 aromatic heterocycles. The normalized spacial score (nSPS) is 14.1. The Morgan fingerprint density at radius 2 is 1.41 bits per heavy atom. The van der Waals surface area contributed by atoms with E-state index < -0.39 is 0 Å². The SMILES string of the molecule is CC(=O)Nc1ccc(NC(=O)c2ccc(CNC(=O)C3CCCCC3)cc2)cc1. The third kappa shape index (κ3) is 6.17. The first-order valence-corrected chi connectivity index (χ1v) is 10.1. The molecule has 3 rings (SSSR count). The van der Waals surface area contributed by atoms with E-state index in [-0.39, 0.29) is 23.6 Å². The number of benzene rings is 2. The summed E-state index contributed by atoms with van der Waals surface area (Å²) in [6.45, 7) is 1.92. The van der Waals surface area contributed by atoms with Gasteiger partial charge in [0.2, 0.25) is 11.8 Å². The van der Waals surface area contributed by atoms with Crippen LogP contribution in [0.2, 0.25) is 0 Å². The maximum atomic E-state index is 12.4. The summed E-state index contributed by atoms with van der Waals surface area (Å²) < 4.78 is 0. The van der Waals surface area contributed by atoms with E-state index in [1.165, 1.54) is 13.3 Å². The molecule has 0 unspecified atom stereocenters. The van der Waals surface area contributed by atoms with E-state index in [0.29, 0.717) is 23.5 Å². The minimum absolute atomic E-state index is 0.134. The first kappa shape index (κ1) is 20.6. The largest absolute Gasteiger partial charge is 0.352 e. The summed E-state index contributed by atoms with van der Waals surface area (Å²) >= 11 is 0. The number of nitrogens with one attached hydrogen (secondary N) is 3. The molecule has 0 aliphatic heterocycles. The molecule has 1 aliphatic carbocycles. The lowest BCUT2D eigenvalue weighted by atomic mass is 9.88. The van der Waals surface area contributed by atoms with Gasteiger partial charge in [-0.25, -0.2) is 0 Å². The van der Waals surface area contributed by atoms with Crippen LogP contribution in [0.15, 0.2) is 48.5 Å². The van der Waals surface area contributed by atoms with Crippen LogP contribution in [0, 0.1) is 5.92 Å². The summed E-state index contributed by atoms with van der Waals surface area (Å²) in [5.74, 6) is -0.0769. The van der Waals surface area contributed by atoms with Gasteiger partial charge in [-0.2, -0.15) is 0 Å². The Morgan fingerprint density at radius 3 is 2.00 bits per heavy atom. The van der Waals surface area contributed by atoms with Crippen LogP contribution in [0.5, 0.6) is 0 Å². The van der Waals surface area contributed by atoms with Crippen LogP contribution in [0.25, 0.3) is 0 Å². The quantitative estimate of drug-likeness (QED) is 0.691. The molecular formula is C23H27N3O3. The Kier molecular flexibility index (Phi) is 7.00. The third-order valence-corrected chi connectivity index (χ3v) is 5.12. The molecule has 1 aliphatic rings. The van der Waals surface area contributed by atoms with E-state index in [1.807, 2.05) is 12.1 Å². The van der Waals surface area contributed by atoms with Crippen LogP contribution in [0.1, 0.15) is 54.9 Å². The minimum Gasteiger partial charge on any atom is -0.352 e. The Labute approximate surface area is 171 Å². The Balaban J connectivity index is 1.50. The highest BCUT2D eigenvalue weighted by Crippen LogP contribution is 2.23. The zero-order chi connectivity index (χ0) is 20.6. The summed E-state index contributed by atoms with van der Waals surface area (Å²) in [5.41, 5.74) is 2.83. The molecule has 0 bridgehead atoms. The molecule has 0 saturated heterocycles. The summed E-state index contributed by atoms with van der Waals surface area (Å²) in [7, 11) is 0. The van der Waals surface area contributed by atoms with Gasteiger partial charge in [0, 0.05) is 36.3 Å². The van der Waals surface area contributed by atoms with Crippen molar-refractivity contribution in [2.24, 2.45) is 5.92 Å². The maximum Gasteiger partial charge on any atom is 0.255 e. The van der Waals surface area contributed by atoms with Gasteiger partial charge in [-0.3, -0.25) is 14.4 Å². The smallest absolute Gasteiger partial charge is 0.255 e. The molecule has 3 amide bonds. The predicted octanol–water partition coefficient (Wildman–Crippen LogP) is 4.09. The first-order valence-electron chi connectivity index (χ1n) is 10.1. The Bertz CT molecular complexity index is 854.